The van der Waals surface area contributed by atoms with Crippen LogP contribution in [0.2, 0.25) is 0 Å². The van der Waals surface area contributed by atoms with E-state index in [0.717, 1.165) is 7.11 Å². The third kappa shape index (κ3) is 2.38. The standard InChI is InChI=1S/C9H8F4O2/c1-15-8-3-6(9(11,12)13)5(4-14)2-7(8)10/h2-3,14H,4H2,1H3. The van der Waals surface area contributed by atoms with Crippen molar-refractivity contribution in [1.29, 1.82) is 0 Å². The summed E-state index contributed by atoms with van der Waals surface area (Å²) in [7, 11) is 1.07. The van der Waals surface area contributed by atoms with E-state index < -0.39 is 35.5 Å². The average molecular weight is 224 g/mol. The van der Waals surface area contributed by atoms with Crippen molar-refractivity contribution in [1.82, 2.24) is 0 Å². The van der Waals surface area contributed by atoms with Crippen molar-refractivity contribution in [2.24, 2.45) is 0 Å². The number of halogens is 4. The molecule has 15 heavy (non-hydrogen) atoms. The van der Waals surface area contributed by atoms with Crippen LogP contribution in [0.5, 0.6) is 5.75 Å². The first-order valence-corrected chi connectivity index (χ1v) is 3.94. The lowest BCUT2D eigenvalue weighted by Crippen LogP contribution is -2.10. The van der Waals surface area contributed by atoms with Crippen molar-refractivity contribution in [3.05, 3.63) is 29.1 Å². The molecule has 0 unspecified atom stereocenters. The fraction of sp³-hybridized carbons (Fsp3) is 0.333. The molecule has 0 saturated heterocycles. The van der Waals surface area contributed by atoms with E-state index >= 15 is 0 Å². The SMILES string of the molecule is COc1cc(C(F)(F)F)c(CO)cc1F. The summed E-state index contributed by atoms with van der Waals surface area (Å²) in [6.07, 6.45) is -4.64. The molecular weight excluding hydrogens is 216 g/mol. The first kappa shape index (κ1) is 11.8. The molecule has 0 atom stereocenters. The molecule has 0 bridgehead atoms. The molecule has 0 fully saturated rings. The summed E-state index contributed by atoms with van der Waals surface area (Å²) in [6.45, 7) is -0.879. The summed E-state index contributed by atoms with van der Waals surface area (Å²) in [5.74, 6) is -1.44. The third-order valence-electron chi connectivity index (χ3n) is 1.85. The van der Waals surface area contributed by atoms with Crippen LogP contribution in [0.4, 0.5) is 17.6 Å². The van der Waals surface area contributed by atoms with Gasteiger partial charge in [-0.3, -0.25) is 0 Å². The second-order valence-electron chi connectivity index (χ2n) is 2.80. The van der Waals surface area contributed by atoms with Crippen LogP contribution in [0, 0.1) is 5.82 Å². The van der Waals surface area contributed by atoms with Crippen LogP contribution in [-0.2, 0) is 12.8 Å². The molecule has 1 N–H and O–H groups in total. The molecule has 0 radical (unpaired) electrons. The molecule has 0 aliphatic carbocycles. The minimum atomic E-state index is -4.64. The van der Waals surface area contributed by atoms with Crippen molar-refractivity contribution in [3.63, 3.8) is 0 Å². The van der Waals surface area contributed by atoms with Gasteiger partial charge in [-0.2, -0.15) is 13.2 Å². The maximum absolute atomic E-state index is 13.0. The normalized spacial score (nSPS) is 11.6. The number of aliphatic hydroxyl groups is 1. The Bertz CT molecular complexity index is 360. The van der Waals surface area contributed by atoms with Gasteiger partial charge in [-0.05, 0) is 17.7 Å². The van der Waals surface area contributed by atoms with E-state index in [1.807, 2.05) is 0 Å². The van der Waals surface area contributed by atoms with Gasteiger partial charge < -0.3 is 9.84 Å². The number of methoxy groups -OCH3 is 1. The Morgan fingerprint density at radius 2 is 1.93 bits per heavy atom. The maximum Gasteiger partial charge on any atom is 0.416 e. The van der Waals surface area contributed by atoms with Gasteiger partial charge in [0, 0.05) is 0 Å². The summed E-state index contributed by atoms with van der Waals surface area (Å²) in [4.78, 5) is 0. The highest BCUT2D eigenvalue weighted by Gasteiger charge is 2.34. The van der Waals surface area contributed by atoms with Crippen molar-refractivity contribution in [2.75, 3.05) is 7.11 Å². The third-order valence-corrected chi connectivity index (χ3v) is 1.85. The fourth-order valence-corrected chi connectivity index (χ4v) is 1.15. The van der Waals surface area contributed by atoms with E-state index in [1.165, 1.54) is 0 Å². The van der Waals surface area contributed by atoms with Gasteiger partial charge in [-0.15, -0.1) is 0 Å². The molecule has 0 aromatic heterocycles. The first-order valence-electron chi connectivity index (χ1n) is 3.94. The van der Waals surface area contributed by atoms with E-state index in [0.29, 0.717) is 12.1 Å². The molecule has 1 aromatic carbocycles. The summed E-state index contributed by atoms with van der Waals surface area (Å²) in [5.41, 5.74) is -1.61. The van der Waals surface area contributed by atoms with E-state index in [-0.39, 0.29) is 0 Å². The van der Waals surface area contributed by atoms with Crippen LogP contribution in [0.25, 0.3) is 0 Å². The smallest absolute Gasteiger partial charge is 0.416 e. The van der Waals surface area contributed by atoms with Crippen LogP contribution in [0.15, 0.2) is 12.1 Å². The molecule has 0 saturated carbocycles. The highest BCUT2D eigenvalue weighted by atomic mass is 19.4. The zero-order valence-electron chi connectivity index (χ0n) is 7.73. The number of benzene rings is 1. The molecule has 6 heteroatoms. The number of aliphatic hydroxyl groups excluding tert-OH is 1. The molecule has 2 nitrogen and oxygen atoms in total. The predicted molar refractivity (Wildman–Crippen MR) is 43.9 cm³/mol. The molecule has 1 aromatic rings. The summed E-state index contributed by atoms with van der Waals surface area (Å²) < 4.78 is 54.6. The fourth-order valence-electron chi connectivity index (χ4n) is 1.15. The first-order chi connectivity index (χ1) is 6.90. The number of hydrogen-bond donors (Lipinski definition) is 1. The lowest BCUT2D eigenvalue weighted by atomic mass is 10.1. The molecule has 0 heterocycles. The van der Waals surface area contributed by atoms with Crippen molar-refractivity contribution in [2.45, 2.75) is 12.8 Å². The Balaban J connectivity index is 3.36. The maximum atomic E-state index is 13.0. The van der Waals surface area contributed by atoms with Crippen LogP contribution >= 0.6 is 0 Å². The molecule has 0 aliphatic rings. The topological polar surface area (TPSA) is 29.5 Å². The number of hydrogen-bond acceptors (Lipinski definition) is 2. The van der Waals surface area contributed by atoms with Crippen molar-refractivity contribution in [3.8, 4) is 5.75 Å². The Morgan fingerprint density at radius 3 is 2.33 bits per heavy atom. The van der Waals surface area contributed by atoms with Crippen LogP contribution in [0.3, 0.4) is 0 Å². The summed E-state index contributed by atoms with van der Waals surface area (Å²) in [5, 5.41) is 8.66. The highest BCUT2D eigenvalue weighted by Crippen LogP contribution is 2.35. The number of rotatable bonds is 2. The van der Waals surface area contributed by atoms with Gasteiger partial charge in [0.2, 0.25) is 0 Å². The second-order valence-corrected chi connectivity index (χ2v) is 2.80. The second kappa shape index (κ2) is 4.06. The Hall–Kier alpha value is -1.30. The van der Waals surface area contributed by atoms with Crippen LogP contribution in [-0.4, -0.2) is 12.2 Å². The average Bonchev–Trinajstić information content (AvgIpc) is 2.15. The molecule has 0 spiro atoms. The zero-order valence-corrected chi connectivity index (χ0v) is 7.73. The summed E-state index contributed by atoms with van der Waals surface area (Å²) >= 11 is 0. The van der Waals surface area contributed by atoms with Gasteiger partial charge in [0.15, 0.2) is 11.6 Å². The van der Waals surface area contributed by atoms with E-state index in [1.54, 1.807) is 0 Å². The largest absolute Gasteiger partial charge is 0.494 e. The highest BCUT2D eigenvalue weighted by molar-refractivity contribution is 5.38. The van der Waals surface area contributed by atoms with Gasteiger partial charge in [-0.25, -0.2) is 4.39 Å². The summed E-state index contributed by atoms with van der Waals surface area (Å²) in [6, 6.07) is 1.14. The molecule has 84 valence electrons. The minimum absolute atomic E-state index is 0.500. The van der Waals surface area contributed by atoms with E-state index in [9.17, 15) is 17.6 Å². The van der Waals surface area contributed by atoms with Gasteiger partial charge in [0.25, 0.3) is 0 Å². The number of ether oxygens (including phenoxy) is 1. The van der Waals surface area contributed by atoms with Crippen molar-refractivity contribution < 1.29 is 27.4 Å². The Labute approximate surface area is 83.1 Å². The van der Waals surface area contributed by atoms with E-state index in [2.05, 4.69) is 4.74 Å². The molecule has 0 amide bonds. The Morgan fingerprint density at radius 1 is 1.33 bits per heavy atom. The van der Waals surface area contributed by atoms with Gasteiger partial charge >= 0.3 is 6.18 Å². The minimum Gasteiger partial charge on any atom is -0.494 e. The molecule has 0 aliphatic heterocycles. The lowest BCUT2D eigenvalue weighted by Gasteiger charge is -2.13. The molecule has 1 rings (SSSR count). The van der Waals surface area contributed by atoms with Crippen LogP contribution < -0.4 is 4.74 Å². The monoisotopic (exact) mass is 224 g/mol. The van der Waals surface area contributed by atoms with Gasteiger partial charge in [0.05, 0.1) is 19.3 Å². The van der Waals surface area contributed by atoms with Crippen molar-refractivity contribution >= 4 is 0 Å². The number of alkyl halides is 3. The van der Waals surface area contributed by atoms with Gasteiger partial charge in [-0.1, -0.05) is 0 Å². The van der Waals surface area contributed by atoms with Crippen LogP contribution in [0.1, 0.15) is 11.1 Å². The van der Waals surface area contributed by atoms with E-state index in [4.69, 9.17) is 5.11 Å². The quantitative estimate of drug-likeness (QED) is 0.781. The molecular formula is C9H8F4O2. The Kier molecular flexibility index (Phi) is 3.18. The lowest BCUT2D eigenvalue weighted by molar-refractivity contribution is -0.138. The van der Waals surface area contributed by atoms with Gasteiger partial charge in [0.1, 0.15) is 0 Å². The predicted octanol–water partition coefficient (Wildman–Crippen LogP) is 2.35. The zero-order chi connectivity index (χ0) is 11.6.